The van der Waals surface area contributed by atoms with E-state index in [0.717, 1.165) is 6.42 Å². The highest BCUT2D eigenvalue weighted by Crippen LogP contribution is 2.32. The van der Waals surface area contributed by atoms with E-state index < -0.39 is 5.91 Å². The number of nitrogen functional groups attached to an aromatic ring is 1. The Labute approximate surface area is 204 Å². The molecule has 0 bridgehead atoms. The van der Waals surface area contributed by atoms with E-state index in [1.165, 1.54) is 0 Å². The summed E-state index contributed by atoms with van der Waals surface area (Å²) in [6.45, 7) is 7.91. The molecule has 3 rings (SSSR count). The Morgan fingerprint density at radius 2 is 1.69 bits per heavy atom. The van der Waals surface area contributed by atoms with Gasteiger partial charge in [-0.3, -0.25) is 9.59 Å². The normalized spacial score (nSPS) is 10.8. The third kappa shape index (κ3) is 7.78. The van der Waals surface area contributed by atoms with Crippen molar-refractivity contribution >= 4 is 34.8 Å². The molecular formula is C26H28N6O3. The number of hydrogen-bond donors (Lipinski definition) is 3. The minimum Gasteiger partial charge on any atom is -0.460 e. The van der Waals surface area contributed by atoms with Crippen molar-refractivity contribution in [3.8, 4) is 5.75 Å². The van der Waals surface area contributed by atoms with Gasteiger partial charge in [-0.05, 0) is 42.3 Å². The van der Waals surface area contributed by atoms with Crippen LogP contribution in [0.1, 0.15) is 30.6 Å². The molecule has 0 saturated carbocycles. The van der Waals surface area contributed by atoms with Crippen LogP contribution in [0.5, 0.6) is 5.75 Å². The number of nitrogens with two attached hydrogens (primary N) is 1. The van der Waals surface area contributed by atoms with Crippen molar-refractivity contribution in [3.63, 3.8) is 0 Å². The summed E-state index contributed by atoms with van der Waals surface area (Å²) >= 11 is 0. The number of para-hydroxylation sites is 1. The Kier molecular flexibility index (Phi) is 8.66. The van der Waals surface area contributed by atoms with Crippen molar-refractivity contribution in [1.29, 1.82) is 0 Å². The van der Waals surface area contributed by atoms with Gasteiger partial charge in [-0.15, -0.1) is 10.2 Å². The standard InChI is InChI=1S/C26H28N6O3/c1-17(2)15-18(3)35-22-12-8-7-11-20(22)31-32-21-13-14-23(30-25(21)27)29-24(33)16-28-26(34)19-9-5-4-6-10-19/h4-14,17H,3,15-16H2,1-2H3,(H,28,34)(H3,27,29,30,33). The first kappa shape index (κ1) is 25.1. The summed E-state index contributed by atoms with van der Waals surface area (Å²) in [7, 11) is 0. The predicted molar refractivity (Wildman–Crippen MR) is 136 cm³/mol. The first-order valence-electron chi connectivity index (χ1n) is 11.1. The van der Waals surface area contributed by atoms with E-state index in [2.05, 4.69) is 46.3 Å². The Morgan fingerprint density at radius 3 is 2.40 bits per heavy atom. The zero-order valence-corrected chi connectivity index (χ0v) is 19.7. The predicted octanol–water partition coefficient (Wildman–Crippen LogP) is 5.39. The van der Waals surface area contributed by atoms with Gasteiger partial charge in [0.25, 0.3) is 5.91 Å². The SMILES string of the molecule is C=C(CC(C)C)Oc1ccccc1N=Nc1ccc(NC(=O)CNC(=O)c2ccccc2)nc1N. The largest absolute Gasteiger partial charge is 0.460 e. The van der Waals surface area contributed by atoms with Crippen molar-refractivity contribution < 1.29 is 14.3 Å². The molecule has 2 aromatic carbocycles. The van der Waals surface area contributed by atoms with Crippen LogP contribution >= 0.6 is 0 Å². The smallest absolute Gasteiger partial charge is 0.251 e. The molecule has 3 aromatic rings. The Balaban J connectivity index is 1.60. The second-order valence-corrected chi connectivity index (χ2v) is 8.10. The summed E-state index contributed by atoms with van der Waals surface area (Å²) in [5.41, 5.74) is 7.31. The van der Waals surface area contributed by atoms with Gasteiger partial charge in [0.05, 0.1) is 12.3 Å². The molecule has 9 heteroatoms. The number of nitrogens with zero attached hydrogens (tertiary/aromatic N) is 3. The first-order chi connectivity index (χ1) is 16.8. The maximum Gasteiger partial charge on any atom is 0.251 e. The Bertz CT molecular complexity index is 1220. The maximum atomic E-state index is 12.2. The van der Waals surface area contributed by atoms with Gasteiger partial charge in [-0.25, -0.2) is 4.98 Å². The molecule has 0 unspecified atom stereocenters. The quantitative estimate of drug-likeness (QED) is 0.269. The molecule has 35 heavy (non-hydrogen) atoms. The number of aromatic nitrogens is 1. The average Bonchev–Trinajstić information content (AvgIpc) is 2.83. The van der Waals surface area contributed by atoms with Crippen LogP contribution in [0.15, 0.2) is 89.3 Å². The molecule has 0 spiro atoms. The van der Waals surface area contributed by atoms with E-state index in [0.29, 0.717) is 34.4 Å². The molecule has 1 aromatic heterocycles. The van der Waals surface area contributed by atoms with Crippen molar-refractivity contribution in [2.45, 2.75) is 20.3 Å². The fourth-order valence-corrected chi connectivity index (χ4v) is 3.05. The number of nitrogens with one attached hydrogen (secondary N) is 2. The first-order valence-corrected chi connectivity index (χ1v) is 11.1. The zero-order chi connectivity index (χ0) is 25.2. The maximum absolute atomic E-state index is 12.2. The highest BCUT2D eigenvalue weighted by Gasteiger charge is 2.10. The lowest BCUT2D eigenvalue weighted by molar-refractivity contribution is -0.115. The lowest BCUT2D eigenvalue weighted by Crippen LogP contribution is -2.33. The number of carbonyl (C=O) groups excluding carboxylic acids is 2. The van der Waals surface area contributed by atoms with Gasteiger partial charge in [0.15, 0.2) is 11.6 Å². The summed E-state index contributed by atoms with van der Waals surface area (Å²) in [6, 6.07) is 19.0. The number of rotatable bonds is 10. The summed E-state index contributed by atoms with van der Waals surface area (Å²) in [6.07, 6.45) is 0.728. The number of hydrogen-bond acceptors (Lipinski definition) is 7. The minimum atomic E-state index is -0.441. The number of allylic oxidation sites excluding steroid dienone is 1. The average molecular weight is 473 g/mol. The molecule has 0 atom stereocenters. The highest BCUT2D eigenvalue weighted by atomic mass is 16.5. The fraction of sp³-hybridized carbons (Fsp3) is 0.192. The summed E-state index contributed by atoms with van der Waals surface area (Å²) < 4.78 is 5.83. The summed E-state index contributed by atoms with van der Waals surface area (Å²) in [5, 5.41) is 13.6. The molecule has 0 aliphatic heterocycles. The summed E-state index contributed by atoms with van der Waals surface area (Å²) in [5.74, 6) is 1.13. The molecule has 9 nitrogen and oxygen atoms in total. The number of pyridine rings is 1. The molecule has 4 N–H and O–H groups in total. The van der Waals surface area contributed by atoms with Gasteiger partial charge < -0.3 is 21.1 Å². The number of benzene rings is 2. The molecule has 0 aliphatic rings. The van der Waals surface area contributed by atoms with Crippen LogP contribution in [0.4, 0.5) is 23.0 Å². The van der Waals surface area contributed by atoms with Crippen molar-refractivity contribution in [2.24, 2.45) is 16.1 Å². The third-order valence-electron chi connectivity index (χ3n) is 4.64. The van der Waals surface area contributed by atoms with E-state index in [1.54, 1.807) is 54.6 Å². The van der Waals surface area contributed by atoms with E-state index in [1.807, 2.05) is 12.1 Å². The van der Waals surface area contributed by atoms with Crippen molar-refractivity contribution in [3.05, 3.63) is 84.6 Å². The van der Waals surface area contributed by atoms with Crippen LogP contribution in [0.25, 0.3) is 0 Å². The Hall–Kier alpha value is -4.53. The van der Waals surface area contributed by atoms with Gasteiger partial charge in [-0.1, -0.05) is 50.8 Å². The van der Waals surface area contributed by atoms with Gasteiger partial charge in [-0.2, -0.15) is 0 Å². The van der Waals surface area contributed by atoms with E-state index >= 15 is 0 Å². The van der Waals surface area contributed by atoms with Gasteiger partial charge in [0, 0.05) is 12.0 Å². The van der Waals surface area contributed by atoms with Gasteiger partial charge in [0.1, 0.15) is 17.2 Å². The van der Waals surface area contributed by atoms with Crippen LogP contribution in [-0.4, -0.2) is 23.3 Å². The monoisotopic (exact) mass is 472 g/mol. The number of azo groups is 1. The number of anilines is 2. The second kappa shape index (κ2) is 12.1. The number of carbonyl (C=O) groups is 2. The summed E-state index contributed by atoms with van der Waals surface area (Å²) in [4.78, 5) is 28.4. The molecular weight excluding hydrogens is 444 g/mol. The third-order valence-corrected chi connectivity index (χ3v) is 4.64. The zero-order valence-electron chi connectivity index (χ0n) is 19.7. The molecule has 0 radical (unpaired) electrons. The highest BCUT2D eigenvalue weighted by molar-refractivity contribution is 5.99. The molecule has 180 valence electrons. The molecule has 1 heterocycles. The fourth-order valence-electron chi connectivity index (χ4n) is 3.05. The van der Waals surface area contributed by atoms with E-state index in [-0.39, 0.29) is 24.1 Å². The molecule has 0 fully saturated rings. The van der Waals surface area contributed by atoms with Crippen LogP contribution in [0.3, 0.4) is 0 Å². The van der Waals surface area contributed by atoms with E-state index in [9.17, 15) is 9.59 Å². The van der Waals surface area contributed by atoms with Gasteiger partial charge >= 0.3 is 0 Å². The number of amides is 2. The second-order valence-electron chi connectivity index (χ2n) is 8.10. The van der Waals surface area contributed by atoms with Crippen LogP contribution in [0, 0.1) is 5.92 Å². The van der Waals surface area contributed by atoms with Crippen molar-refractivity contribution in [2.75, 3.05) is 17.6 Å². The van der Waals surface area contributed by atoms with Crippen LogP contribution in [-0.2, 0) is 4.79 Å². The van der Waals surface area contributed by atoms with Gasteiger partial charge in [0.2, 0.25) is 5.91 Å². The van der Waals surface area contributed by atoms with Crippen LogP contribution < -0.4 is 21.1 Å². The Morgan fingerprint density at radius 1 is 1.00 bits per heavy atom. The van der Waals surface area contributed by atoms with E-state index in [4.69, 9.17) is 10.5 Å². The van der Waals surface area contributed by atoms with Crippen LogP contribution in [0.2, 0.25) is 0 Å². The molecule has 0 aliphatic carbocycles. The molecule has 0 saturated heterocycles. The lowest BCUT2D eigenvalue weighted by Gasteiger charge is -2.12. The lowest BCUT2D eigenvalue weighted by atomic mass is 10.1. The molecule has 2 amide bonds. The minimum absolute atomic E-state index is 0.0856. The number of ether oxygens (including phenoxy) is 1. The topological polar surface area (TPSA) is 131 Å². The van der Waals surface area contributed by atoms with Crippen molar-refractivity contribution in [1.82, 2.24) is 10.3 Å².